The minimum Gasteiger partial charge on any atom is -0.497 e. The molecule has 29 heavy (non-hydrogen) atoms. The van der Waals surface area contributed by atoms with Crippen molar-refractivity contribution in [2.45, 2.75) is 19.8 Å². The molecule has 1 saturated heterocycles. The fraction of sp³-hybridized carbons (Fsp3) is 0.318. The number of methoxy groups -OCH3 is 1. The van der Waals surface area contributed by atoms with E-state index in [2.05, 4.69) is 5.32 Å². The predicted octanol–water partition coefficient (Wildman–Crippen LogP) is 3.25. The van der Waals surface area contributed by atoms with E-state index in [1.165, 1.54) is 0 Å². The molecule has 0 aliphatic carbocycles. The van der Waals surface area contributed by atoms with Gasteiger partial charge in [-0.3, -0.25) is 9.59 Å². The summed E-state index contributed by atoms with van der Waals surface area (Å²) in [5.74, 6) is -0.447. The fourth-order valence-corrected chi connectivity index (χ4v) is 3.11. The van der Waals surface area contributed by atoms with E-state index in [1.807, 2.05) is 6.92 Å². The number of amides is 2. The van der Waals surface area contributed by atoms with Gasteiger partial charge < -0.3 is 19.7 Å². The Labute approximate surface area is 169 Å². The van der Waals surface area contributed by atoms with Gasteiger partial charge in [0.1, 0.15) is 5.75 Å². The minimum absolute atomic E-state index is 0.0932. The van der Waals surface area contributed by atoms with E-state index >= 15 is 0 Å². The number of hydrogen-bond donors (Lipinski definition) is 1. The van der Waals surface area contributed by atoms with Crippen molar-refractivity contribution in [3.63, 3.8) is 0 Å². The molecule has 1 aliphatic rings. The molecule has 7 heteroatoms. The van der Waals surface area contributed by atoms with Gasteiger partial charge in [0.15, 0.2) is 0 Å². The molecule has 2 amide bonds. The Morgan fingerprint density at radius 3 is 2.41 bits per heavy atom. The molecule has 1 aliphatic heterocycles. The van der Waals surface area contributed by atoms with Crippen LogP contribution in [0.3, 0.4) is 0 Å². The van der Waals surface area contributed by atoms with Crippen molar-refractivity contribution in [3.05, 3.63) is 54.1 Å². The van der Waals surface area contributed by atoms with Crippen LogP contribution in [0, 0.1) is 5.92 Å². The first kappa shape index (κ1) is 20.4. The summed E-state index contributed by atoms with van der Waals surface area (Å²) < 4.78 is 10.2. The van der Waals surface area contributed by atoms with Gasteiger partial charge in [-0.1, -0.05) is 6.92 Å². The van der Waals surface area contributed by atoms with E-state index in [4.69, 9.17) is 9.47 Å². The van der Waals surface area contributed by atoms with Crippen LogP contribution in [0.25, 0.3) is 0 Å². The number of carbonyl (C=O) groups is 3. The molecule has 0 radical (unpaired) electrons. The number of anilines is 2. The Morgan fingerprint density at radius 2 is 1.79 bits per heavy atom. The van der Waals surface area contributed by atoms with Crippen molar-refractivity contribution >= 4 is 29.2 Å². The van der Waals surface area contributed by atoms with Gasteiger partial charge in [-0.15, -0.1) is 0 Å². The molecule has 0 unspecified atom stereocenters. The van der Waals surface area contributed by atoms with Crippen LogP contribution in [-0.4, -0.2) is 38.0 Å². The van der Waals surface area contributed by atoms with Crippen LogP contribution in [0.15, 0.2) is 48.5 Å². The molecule has 0 aromatic heterocycles. The molecule has 7 nitrogen and oxygen atoms in total. The highest BCUT2D eigenvalue weighted by Gasteiger charge is 2.35. The minimum atomic E-state index is -0.446. The highest BCUT2D eigenvalue weighted by Crippen LogP contribution is 2.27. The van der Waals surface area contributed by atoms with Gasteiger partial charge in [-0.2, -0.15) is 0 Å². The molecular formula is C22H24N2O5. The molecule has 152 valence electrons. The first-order chi connectivity index (χ1) is 14.0. The second-order valence-electron chi connectivity index (χ2n) is 6.81. The standard InChI is InChI=1S/C22H24N2O5/c1-3-12-29-22(27)15-4-6-17(7-5-15)23-21(26)16-13-20(25)24(14-16)18-8-10-19(28-2)11-9-18/h4-11,16H,3,12-14H2,1-2H3,(H,23,26)/t16-/m1/s1. The number of ether oxygens (including phenoxy) is 2. The van der Waals surface area contributed by atoms with Gasteiger partial charge in [0.05, 0.1) is 25.2 Å². The van der Waals surface area contributed by atoms with E-state index in [0.717, 1.165) is 12.1 Å². The van der Waals surface area contributed by atoms with Crippen molar-refractivity contribution in [1.82, 2.24) is 0 Å². The molecule has 1 N–H and O–H groups in total. The van der Waals surface area contributed by atoms with Crippen LogP contribution < -0.4 is 15.0 Å². The Morgan fingerprint density at radius 1 is 1.10 bits per heavy atom. The summed E-state index contributed by atoms with van der Waals surface area (Å²) in [5.41, 5.74) is 1.73. The maximum atomic E-state index is 12.6. The SMILES string of the molecule is CCCOC(=O)c1ccc(NC(=O)[C@@H]2CC(=O)N(c3ccc(OC)cc3)C2)cc1. The molecule has 0 spiro atoms. The zero-order valence-electron chi connectivity index (χ0n) is 16.5. The molecule has 2 aromatic carbocycles. The zero-order chi connectivity index (χ0) is 20.8. The molecule has 2 aromatic rings. The third-order valence-electron chi connectivity index (χ3n) is 4.71. The molecule has 0 saturated carbocycles. The van der Waals surface area contributed by atoms with Crippen molar-refractivity contribution in [2.24, 2.45) is 5.92 Å². The molecule has 3 rings (SSSR count). The Kier molecular flexibility index (Phi) is 6.49. The predicted molar refractivity (Wildman–Crippen MR) is 109 cm³/mol. The fourth-order valence-electron chi connectivity index (χ4n) is 3.11. The number of benzene rings is 2. The van der Waals surface area contributed by atoms with Gasteiger partial charge in [0.2, 0.25) is 11.8 Å². The van der Waals surface area contributed by atoms with Gasteiger partial charge >= 0.3 is 5.97 Å². The van der Waals surface area contributed by atoms with Crippen molar-refractivity contribution in [2.75, 3.05) is 30.5 Å². The van der Waals surface area contributed by atoms with Crippen molar-refractivity contribution < 1.29 is 23.9 Å². The average molecular weight is 396 g/mol. The summed E-state index contributed by atoms with van der Waals surface area (Å²) in [7, 11) is 1.58. The van der Waals surface area contributed by atoms with E-state index in [9.17, 15) is 14.4 Å². The summed E-state index contributed by atoms with van der Waals surface area (Å²) in [6.45, 7) is 2.62. The van der Waals surface area contributed by atoms with Crippen LogP contribution in [0.2, 0.25) is 0 Å². The first-order valence-electron chi connectivity index (χ1n) is 9.54. The summed E-state index contributed by atoms with van der Waals surface area (Å²) in [5, 5.41) is 2.81. The summed E-state index contributed by atoms with van der Waals surface area (Å²) in [6.07, 6.45) is 0.910. The normalized spacial score (nSPS) is 15.9. The monoisotopic (exact) mass is 396 g/mol. The number of esters is 1. The van der Waals surface area contributed by atoms with Crippen molar-refractivity contribution in [3.8, 4) is 5.75 Å². The van der Waals surface area contributed by atoms with Crippen LogP contribution in [-0.2, 0) is 14.3 Å². The topological polar surface area (TPSA) is 84.9 Å². The number of nitrogens with one attached hydrogen (secondary N) is 1. The molecule has 1 atom stereocenters. The lowest BCUT2D eigenvalue weighted by atomic mass is 10.1. The third-order valence-corrected chi connectivity index (χ3v) is 4.71. The van der Waals surface area contributed by atoms with Crippen LogP contribution in [0.4, 0.5) is 11.4 Å². The lowest BCUT2D eigenvalue weighted by molar-refractivity contribution is -0.122. The van der Waals surface area contributed by atoms with Crippen molar-refractivity contribution in [1.29, 1.82) is 0 Å². The van der Waals surface area contributed by atoms with Gasteiger partial charge in [0, 0.05) is 24.3 Å². The summed E-state index contributed by atoms with van der Waals surface area (Å²) >= 11 is 0. The van der Waals surface area contributed by atoms with Crippen LogP contribution in [0.1, 0.15) is 30.1 Å². The summed E-state index contributed by atoms with van der Waals surface area (Å²) in [4.78, 5) is 38.4. The number of carbonyl (C=O) groups excluding carboxylic acids is 3. The average Bonchev–Trinajstić information content (AvgIpc) is 3.14. The van der Waals surface area contributed by atoms with E-state index in [1.54, 1.807) is 60.5 Å². The summed E-state index contributed by atoms with van der Waals surface area (Å²) in [6, 6.07) is 13.7. The highest BCUT2D eigenvalue weighted by atomic mass is 16.5. The maximum absolute atomic E-state index is 12.6. The second kappa shape index (κ2) is 9.23. The van der Waals surface area contributed by atoms with Gasteiger partial charge in [0.25, 0.3) is 0 Å². The first-order valence-corrected chi connectivity index (χ1v) is 9.54. The van der Waals surface area contributed by atoms with E-state index < -0.39 is 5.92 Å². The second-order valence-corrected chi connectivity index (χ2v) is 6.81. The quantitative estimate of drug-likeness (QED) is 0.726. The number of rotatable bonds is 7. The smallest absolute Gasteiger partial charge is 0.338 e. The largest absolute Gasteiger partial charge is 0.497 e. The van der Waals surface area contributed by atoms with Gasteiger partial charge in [-0.25, -0.2) is 4.79 Å². The van der Waals surface area contributed by atoms with Crippen LogP contribution in [0.5, 0.6) is 5.75 Å². The molecule has 1 fully saturated rings. The number of nitrogens with zero attached hydrogens (tertiary/aromatic N) is 1. The van der Waals surface area contributed by atoms with E-state index in [0.29, 0.717) is 30.2 Å². The maximum Gasteiger partial charge on any atom is 0.338 e. The lowest BCUT2D eigenvalue weighted by Gasteiger charge is -2.17. The molecular weight excluding hydrogens is 372 g/mol. The van der Waals surface area contributed by atoms with Crippen LogP contribution >= 0.6 is 0 Å². The zero-order valence-corrected chi connectivity index (χ0v) is 16.5. The molecule has 0 bridgehead atoms. The van der Waals surface area contributed by atoms with Gasteiger partial charge in [-0.05, 0) is 55.0 Å². The van der Waals surface area contributed by atoms with E-state index in [-0.39, 0.29) is 24.2 Å². The number of hydrogen-bond acceptors (Lipinski definition) is 5. The Balaban J connectivity index is 1.59. The lowest BCUT2D eigenvalue weighted by Crippen LogP contribution is -2.28. The Hall–Kier alpha value is -3.35. The molecule has 1 heterocycles. The Bertz CT molecular complexity index is 877. The third kappa shape index (κ3) is 4.93. The highest BCUT2D eigenvalue weighted by molar-refractivity contribution is 6.03.